The second kappa shape index (κ2) is 16.8. The van der Waals surface area contributed by atoms with Gasteiger partial charge in [0.25, 0.3) is 0 Å². The summed E-state index contributed by atoms with van der Waals surface area (Å²) >= 11 is 0. The molecule has 0 atom stereocenters. The molecule has 1 aliphatic heterocycles. The first-order valence-electron chi connectivity index (χ1n) is 14.0. The van der Waals surface area contributed by atoms with Gasteiger partial charge in [-0.3, -0.25) is 19.4 Å². The number of hydrogen-bond acceptors (Lipinski definition) is 8. The largest absolute Gasteiger partial charge is 0.399 e. The third-order valence-corrected chi connectivity index (χ3v) is 7.04. The predicted molar refractivity (Wildman–Crippen MR) is 166 cm³/mol. The van der Waals surface area contributed by atoms with Crippen molar-refractivity contribution in [2.24, 2.45) is 21.7 Å². The SMILES string of the molecule is CN(CCCC(=O)NCCN1CCN(CCNC(=O)Cc2ccc(/C(N)=N/N=C\N)cc2)CC1)c1ccc(N)cc1. The van der Waals surface area contributed by atoms with Crippen LogP contribution in [-0.4, -0.2) is 99.7 Å². The van der Waals surface area contributed by atoms with E-state index in [0.717, 1.165) is 81.1 Å². The molecule has 3 rings (SSSR count). The van der Waals surface area contributed by atoms with Crippen molar-refractivity contribution in [3.05, 3.63) is 59.7 Å². The minimum absolute atomic E-state index is 0.0154. The fraction of sp³-hybridized carbons (Fsp3) is 0.448. The summed E-state index contributed by atoms with van der Waals surface area (Å²) in [6.45, 7) is 7.52. The van der Waals surface area contributed by atoms with Gasteiger partial charge in [0.2, 0.25) is 11.8 Å². The highest BCUT2D eigenvalue weighted by Crippen LogP contribution is 2.15. The van der Waals surface area contributed by atoms with Gasteiger partial charge in [-0.1, -0.05) is 24.3 Å². The van der Waals surface area contributed by atoms with Gasteiger partial charge >= 0.3 is 0 Å². The summed E-state index contributed by atoms with van der Waals surface area (Å²) in [6, 6.07) is 15.1. The highest BCUT2D eigenvalue weighted by molar-refractivity contribution is 5.97. The number of amidine groups is 1. The maximum atomic E-state index is 12.4. The van der Waals surface area contributed by atoms with Crippen molar-refractivity contribution in [1.29, 1.82) is 0 Å². The molecule has 2 amide bonds. The summed E-state index contributed by atoms with van der Waals surface area (Å²) in [5, 5.41) is 13.4. The minimum Gasteiger partial charge on any atom is -0.399 e. The first kappa shape index (κ1) is 31.4. The van der Waals surface area contributed by atoms with Crippen LogP contribution < -0.4 is 32.7 Å². The third kappa shape index (κ3) is 11.5. The molecule has 0 radical (unpaired) electrons. The van der Waals surface area contributed by atoms with E-state index in [1.807, 2.05) is 55.6 Å². The molecule has 0 spiro atoms. The van der Waals surface area contributed by atoms with Gasteiger partial charge in [-0.15, -0.1) is 10.2 Å². The van der Waals surface area contributed by atoms with Crippen molar-refractivity contribution >= 4 is 35.4 Å². The Bertz CT molecular complexity index is 1140. The molecule has 1 fully saturated rings. The molecular weight excluding hydrogens is 520 g/mol. The Morgan fingerprint density at radius 1 is 0.927 bits per heavy atom. The topological polar surface area (TPSA) is 171 Å². The van der Waals surface area contributed by atoms with Crippen molar-refractivity contribution in [3.8, 4) is 0 Å². The van der Waals surface area contributed by atoms with Crippen LogP contribution in [0.5, 0.6) is 0 Å². The quantitative estimate of drug-likeness (QED) is 0.0883. The van der Waals surface area contributed by atoms with Gasteiger partial charge in [-0.25, -0.2) is 0 Å². The summed E-state index contributed by atoms with van der Waals surface area (Å²) in [7, 11) is 2.02. The van der Waals surface area contributed by atoms with Crippen molar-refractivity contribution in [2.45, 2.75) is 19.3 Å². The molecule has 1 saturated heterocycles. The van der Waals surface area contributed by atoms with Gasteiger partial charge in [0, 0.05) is 89.3 Å². The van der Waals surface area contributed by atoms with Crippen LogP contribution in [0, 0.1) is 0 Å². The Hall–Kier alpha value is -4.16. The standard InChI is InChI=1S/C29H44N10O2/c1-37(26-10-8-25(31)9-11-26)14-2-3-27(40)33-12-15-38-17-19-39(20-18-38)16-13-34-28(41)21-23-4-6-24(7-5-23)29(32)36-35-22-30/h4-11,22H,2-3,12-21,31H2,1H3,(H2,30,35)(H2,32,36)(H,33,40)(H,34,41). The summed E-state index contributed by atoms with van der Waals surface area (Å²) < 4.78 is 0. The highest BCUT2D eigenvalue weighted by atomic mass is 16.2. The number of amides is 2. The number of carbonyl (C=O) groups excluding carboxylic acids is 2. The molecule has 12 nitrogen and oxygen atoms in total. The zero-order valence-corrected chi connectivity index (χ0v) is 24.0. The zero-order chi connectivity index (χ0) is 29.5. The van der Waals surface area contributed by atoms with Gasteiger partial charge < -0.3 is 32.7 Å². The van der Waals surface area contributed by atoms with E-state index >= 15 is 0 Å². The van der Waals surface area contributed by atoms with E-state index in [2.05, 4.69) is 35.5 Å². The van der Waals surface area contributed by atoms with Crippen LogP contribution in [0.25, 0.3) is 0 Å². The van der Waals surface area contributed by atoms with Crippen LogP contribution in [-0.2, 0) is 16.0 Å². The summed E-state index contributed by atoms with van der Waals surface area (Å²) in [6.07, 6.45) is 2.68. The summed E-state index contributed by atoms with van der Waals surface area (Å²) in [4.78, 5) is 31.4. The lowest BCUT2D eigenvalue weighted by Gasteiger charge is -2.34. The van der Waals surface area contributed by atoms with Crippen LogP contribution >= 0.6 is 0 Å². The van der Waals surface area contributed by atoms with Crippen LogP contribution in [0.15, 0.2) is 58.7 Å². The van der Waals surface area contributed by atoms with Crippen LogP contribution in [0.3, 0.4) is 0 Å². The van der Waals surface area contributed by atoms with E-state index in [4.69, 9.17) is 17.2 Å². The van der Waals surface area contributed by atoms with Gasteiger partial charge in [-0.05, 0) is 36.2 Å². The lowest BCUT2D eigenvalue weighted by Crippen LogP contribution is -2.50. The molecule has 2 aromatic carbocycles. The van der Waals surface area contributed by atoms with Gasteiger partial charge in [0.05, 0.1) is 6.42 Å². The van der Waals surface area contributed by atoms with Gasteiger partial charge in [-0.2, -0.15) is 0 Å². The summed E-state index contributed by atoms with van der Waals surface area (Å²) in [5.41, 5.74) is 20.2. The maximum absolute atomic E-state index is 12.4. The molecule has 0 unspecified atom stereocenters. The van der Waals surface area contributed by atoms with E-state index in [9.17, 15) is 9.59 Å². The first-order valence-corrected chi connectivity index (χ1v) is 14.0. The Morgan fingerprint density at radius 2 is 1.51 bits per heavy atom. The molecule has 1 aliphatic rings. The van der Waals surface area contributed by atoms with E-state index in [1.165, 1.54) is 0 Å². The van der Waals surface area contributed by atoms with Gasteiger partial charge in [0.15, 0.2) is 5.84 Å². The molecule has 1 heterocycles. The molecule has 0 saturated carbocycles. The number of nitrogens with one attached hydrogen (secondary N) is 2. The Balaban J connectivity index is 1.21. The first-order chi connectivity index (χ1) is 19.8. The van der Waals surface area contributed by atoms with Crippen LogP contribution in [0.2, 0.25) is 0 Å². The number of nitrogen functional groups attached to an aromatic ring is 1. The zero-order valence-electron chi connectivity index (χ0n) is 24.0. The molecule has 8 N–H and O–H groups in total. The molecule has 0 bridgehead atoms. The molecule has 222 valence electrons. The highest BCUT2D eigenvalue weighted by Gasteiger charge is 2.16. The monoisotopic (exact) mass is 564 g/mol. The normalized spacial score (nSPS) is 14.7. The number of benzene rings is 2. The minimum atomic E-state index is -0.0154. The van der Waals surface area contributed by atoms with E-state index in [0.29, 0.717) is 25.9 Å². The van der Waals surface area contributed by atoms with E-state index in [-0.39, 0.29) is 17.6 Å². The Labute approximate surface area is 242 Å². The average molecular weight is 565 g/mol. The van der Waals surface area contributed by atoms with Crippen molar-refractivity contribution in [1.82, 2.24) is 20.4 Å². The molecule has 0 aromatic heterocycles. The lowest BCUT2D eigenvalue weighted by atomic mass is 10.1. The fourth-order valence-corrected chi connectivity index (χ4v) is 4.56. The number of rotatable bonds is 15. The number of nitrogens with two attached hydrogens (primary N) is 3. The molecule has 41 heavy (non-hydrogen) atoms. The fourth-order valence-electron chi connectivity index (χ4n) is 4.56. The second-order valence-electron chi connectivity index (χ2n) is 10.1. The molecule has 0 aliphatic carbocycles. The second-order valence-corrected chi connectivity index (χ2v) is 10.1. The number of piperazine rings is 1. The van der Waals surface area contributed by atoms with Gasteiger partial charge in [0.1, 0.15) is 6.34 Å². The average Bonchev–Trinajstić information content (AvgIpc) is 2.97. The van der Waals surface area contributed by atoms with Crippen LogP contribution in [0.4, 0.5) is 11.4 Å². The number of hydrogen-bond donors (Lipinski definition) is 5. The van der Waals surface area contributed by atoms with Crippen molar-refractivity contribution in [2.75, 3.05) is 76.6 Å². The molecule has 12 heteroatoms. The van der Waals surface area contributed by atoms with Crippen LogP contribution in [0.1, 0.15) is 24.0 Å². The van der Waals surface area contributed by atoms with E-state index in [1.54, 1.807) is 0 Å². The van der Waals surface area contributed by atoms with Crippen molar-refractivity contribution in [3.63, 3.8) is 0 Å². The Morgan fingerprint density at radius 3 is 2.10 bits per heavy atom. The molecule has 2 aromatic rings. The lowest BCUT2D eigenvalue weighted by molar-refractivity contribution is -0.121. The van der Waals surface area contributed by atoms with E-state index < -0.39 is 0 Å². The smallest absolute Gasteiger partial charge is 0.224 e. The molecular formula is C29H44N10O2. The number of carbonyl (C=O) groups is 2. The van der Waals surface area contributed by atoms with Crippen molar-refractivity contribution < 1.29 is 9.59 Å². The summed E-state index contributed by atoms with van der Waals surface area (Å²) in [5.74, 6) is 0.340. The Kier molecular flexibility index (Phi) is 12.9. The predicted octanol–water partition coefficient (Wildman–Crippen LogP) is 0.185. The number of anilines is 2. The maximum Gasteiger partial charge on any atom is 0.224 e. The third-order valence-electron chi connectivity index (χ3n) is 7.04. The number of nitrogens with zero attached hydrogens (tertiary/aromatic N) is 5.